The number of nitrogens with zero attached hydrogens (tertiary/aromatic N) is 4. The van der Waals surface area contributed by atoms with Gasteiger partial charge in [0, 0.05) is 57.8 Å². The monoisotopic (exact) mass is 474 g/mol. The average Bonchev–Trinajstić information content (AvgIpc) is 3.09. The van der Waals surface area contributed by atoms with E-state index in [1.165, 1.54) is 5.56 Å². The molecule has 1 aliphatic carbocycles. The Morgan fingerprint density at radius 3 is 2.85 bits per heavy atom. The number of rotatable bonds is 7. The largest absolute Gasteiger partial charge is 0.357 e. The van der Waals surface area contributed by atoms with Crippen LogP contribution in [0.4, 0.5) is 0 Å². The number of aryl methyl sites for hydroxylation is 1. The van der Waals surface area contributed by atoms with Crippen molar-refractivity contribution in [3.05, 3.63) is 18.0 Å². The Hall–Kier alpha value is -1.32. The lowest BCUT2D eigenvalue weighted by atomic mass is 10.0. The van der Waals surface area contributed by atoms with Crippen LogP contribution in [0.1, 0.15) is 50.5 Å². The fourth-order valence-electron chi connectivity index (χ4n) is 3.25. The molecule has 146 valence electrons. The molecule has 1 amide bonds. The van der Waals surface area contributed by atoms with Gasteiger partial charge in [0.2, 0.25) is 5.91 Å². The van der Waals surface area contributed by atoms with Crippen LogP contribution in [0.3, 0.4) is 0 Å². The zero-order valence-electron chi connectivity index (χ0n) is 15.8. The van der Waals surface area contributed by atoms with Gasteiger partial charge in [-0.15, -0.1) is 24.0 Å². The van der Waals surface area contributed by atoms with Gasteiger partial charge in [-0.05, 0) is 38.2 Å². The van der Waals surface area contributed by atoms with E-state index in [1.54, 1.807) is 0 Å². The van der Waals surface area contributed by atoms with Gasteiger partial charge in [0.1, 0.15) is 0 Å². The van der Waals surface area contributed by atoms with E-state index in [2.05, 4.69) is 33.8 Å². The van der Waals surface area contributed by atoms with Crippen LogP contribution < -0.4 is 10.6 Å². The highest BCUT2D eigenvalue weighted by atomic mass is 127. The Morgan fingerprint density at radius 1 is 1.38 bits per heavy atom. The van der Waals surface area contributed by atoms with Crippen LogP contribution in [-0.4, -0.2) is 58.8 Å². The molecule has 0 bridgehead atoms. The van der Waals surface area contributed by atoms with Crippen LogP contribution in [0, 0.1) is 0 Å². The summed E-state index contributed by atoms with van der Waals surface area (Å²) in [4.78, 5) is 18.8. The van der Waals surface area contributed by atoms with Gasteiger partial charge in [0.05, 0.1) is 6.20 Å². The van der Waals surface area contributed by atoms with Crippen molar-refractivity contribution in [1.82, 2.24) is 25.3 Å². The predicted octanol–water partition coefficient (Wildman–Crippen LogP) is 1.85. The van der Waals surface area contributed by atoms with Crippen molar-refractivity contribution < 1.29 is 4.79 Å². The molecule has 7 nitrogen and oxygen atoms in total. The van der Waals surface area contributed by atoms with Gasteiger partial charge < -0.3 is 15.5 Å². The minimum absolute atomic E-state index is 0. The Bertz CT molecular complexity index is 613. The SMILES string of the molecule is CCNC(=NCCCC(=O)NC1CC1)N1CCC(c2cnn(C)c2)C1.I. The van der Waals surface area contributed by atoms with Crippen molar-refractivity contribution in [3.63, 3.8) is 0 Å². The summed E-state index contributed by atoms with van der Waals surface area (Å²) in [5.74, 6) is 1.65. The zero-order valence-corrected chi connectivity index (χ0v) is 18.1. The number of likely N-dealkylation sites (tertiary alicyclic amines) is 1. The second-order valence-electron chi connectivity index (χ2n) is 7.06. The van der Waals surface area contributed by atoms with E-state index < -0.39 is 0 Å². The van der Waals surface area contributed by atoms with Crippen LogP contribution in [0.15, 0.2) is 17.4 Å². The Labute approximate surface area is 173 Å². The summed E-state index contributed by atoms with van der Waals surface area (Å²) in [7, 11) is 1.96. The maximum absolute atomic E-state index is 11.7. The smallest absolute Gasteiger partial charge is 0.220 e. The molecule has 2 aliphatic rings. The summed E-state index contributed by atoms with van der Waals surface area (Å²) in [5, 5.41) is 10.7. The first-order valence-corrected chi connectivity index (χ1v) is 9.47. The molecule has 1 aromatic rings. The minimum Gasteiger partial charge on any atom is -0.357 e. The normalized spacial score (nSPS) is 20.0. The summed E-state index contributed by atoms with van der Waals surface area (Å²) in [6, 6.07) is 0.447. The molecule has 8 heteroatoms. The van der Waals surface area contributed by atoms with E-state index in [4.69, 9.17) is 4.99 Å². The summed E-state index contributed by atoms with van der Waals surface area (Å²) in [6.45, 7) is 5.62. The lowest BCUT2D eigenvalue weighted by molar-refractivity contribution is -0.121. The third-order valence-electron chi connectivity index (χ3n) is 4.78. The van der Waals surface area contributed by atoms with Crippen molar-refractivity contribution in [2.24, 2.45) is 12.0 Å². The third kappa shape index (κ3) is 6.14. The van der Waals surface area contributed by atoms with E-state index >= 15 is 0 Å². The first-order chi connectivity index (χ1) is 12.2. The van der Waals surface area contributed by atoms with Crippen molar-refractivity contribution in [2.75, 3.05) is 26.2 Å². The van der Waals surface area contributed by atoms with Gasteiger partial charge in [0.25, 0.3) is 0 Å². The topological polar surface area (TPSA) is 74.6 Å². The van der Waals surface area contributed by atoms with Crippen LogP contribution in [0.2, 0.25) is 0 Å². The molecular formula is C18H31IN6O. The van der Waals surface area contributed by atoms with E-state index in [0.29, 0.717) is 24.9 Å². The van der Waals surface area contributed by atoms with Gasteiger partial charge >= 0.3 is 0 Å². The van der Waals surface area contributed by atoms with Crippen LogP contribution in [-0.2, 0) is 11.8 Å². The Morgan fingerprint density at radius 2 is 2.19 bits per heavy atom. The standard InChI is InChI=1S/C18H30N6O.HI/c1-3-19-18(20-9-4-5-17(25)22-16-6-7-16)24-10-8-14(13-24)15-11-21-23(2)12-15;/h11-12,14,16H,3-10,13H2,1-2H3,(H,19,20)(H,22,25);1H. The number of aromatic nitrogens is 2. The summed E-state index contributed by atoms with van der Waals surface area (Å²) in [5.41, 5.74) is 1.30. The summed E-state index contributed by atoms with van der Waals surface area (Å²) >= 11 is 0. The van der Waals surface area contributed by atoms with Crippen molar-refractivity contribution in [2.45, 2.75) is 51.0 Å². The molecule has 1 atom stereocenters. The number of nitrogens with one attached hydrogen (secondary N) is 2. The summed E-state index contributed by atoms with van der Waals surface area (Å²) in [6.07, 6.45) is 8.85. The number of halogens is 1. The highest BCUT2D eigenvalue weighted by molar-refractivity contribution is 14.0. The number of carbonyl (C=O) groups is 1. The van der Waals surface area contributed by atoms with E-state index in [9.17, 15) is 4.79 Å². The van der Waals surface area contributed by atoms with Crippen LogP contribution >= 0.6 is 24.0 Å². The molecule has 1 saturated heterocycles. The lowest BCUT2D eigenvalue weighted by Gasteiger charge is -2.21. The summed E-state index contributed by atoms with van der Waals surface area (Å²) < 4.78 is 1.87. The fraction of sp³-hybridized carbons (Fsp3) is 0.722. The molecule has 0 aromatic carbocycles. The third-order valence-corrected chi connectivity index (χ3v) is 4.78. The van der Waals surface area contributed by atoms with Crippen molar-refractivity contribution >= 4 is 35.8 Å². The minimum atomic E-state index is 0. The van der Waals surface area contributed by atoms with Gasteiger partial charge in [-0.1, -0.05) is 0 Å². The zero-order chi connectivity index (χ0) is 17.6. The van der Waals surface area contributed by atoms with Crippen LogP contribution in [0.25, 0.3) is 0 Å². The number of hydrogen-bond donors (Lipinski definition) is 2. The van der Waals surface area contributed by atoms with Crippen molar-refractivity contribution in [1.29, 1.82) is 0 Å². The number of aliphatic imine (C=N–C) groups is 1. The quantitative estimate of drug-likeness (QED) is 0.274. The highest BCUT2D eigenvalue weighted by Crippen LogP contribution is 2.26. The second-order valence-corrected chi connectivity index (χ2v) is 7.06. The molecule has 26 heavy (non-hydrogen) atoms. The number of guanidine groups is 1. The Balaban J connectivity index is 0.00000243. The molecule has 2 N–H and O–H groups in total. The molecule has 2 fully saturated rings. The molecule has 0 radical (unpaired) electrons. The lowest BCUT2D eigenvalue weighted by Crippen LogP contribution is -2.40. The molecule has 0 spiro atoms. The maximum atomic E-state index is 11.7. The molecule has 1 aliphatic heterocycles. The highest BCUT2D eigenvalue weighted by Gasteiger charge is 2.27. The molecule has 2 heterocycles. The van der Waals surface area contributed by atoms with Gasteiger partial charge in [-0.2, -0.15) is 5.10 Å². The van der Waals surface area contributed by atoms with Crippen molar-refractivity contribution in [3.8, 4) is 0 Å². The average molecular weight is 474 g/mol. The van der Waals surface area contributed by atoms with Gasteiger partial charge in [-0.25, -0.2) is 0 Å². The van der Waals surface area contributed by atoms with Crippen LogP contribution in [0.5, 0.6) is 0 Å². The first kappa shape index (κ1) is 21.0. The van der Waals surface area contributed by atoms with E-state index in [-0.39, 0.29) is 29.9 Å². The molecule has 3 rings (SSSR count). The van der Waals surface area contributed by atoms with Gasteiger partial charge in [-0.3, -0.25) is 14.5 Å². The fourth-order valence-corrected chi connectivity index (χ4v) is 3.25. The number of hydrogen-bond acceptors (Lipinski definition) is 3. The molecule has 1 unspecified atom stereocenters. The Kier molecular flexibility index (Phi) is 8.17. The number of amides is 1. The molecular weight excluding hydrogens is 443 g/mol. The van der Waals surface area contributed by atoms with E-state index in [1.807, 2.05) is 17.9 Å². The predicted molar refractivity (Wildman–Crippen MR) is 114 cm³/mol. The second kappa shape index (κ2) is 10.1. The molecule has 1 aromatic heterocycles. The number of carbonyl (C=O) groups excluding carboxylic acids is 1. The van der Waals surface area contributed by atoms with Gasteiger partial charge in [0.15, 0.2) is 5.96 Å². The van der Waals surface area contributed by atoms with E-state index in [0.717, 1.165) is 51.3 Å². The maximum Gasteiger partial charge on any atom is 0.220 e. The first-order valence-electron chi connectivity index (χ1n) is 9.47. The molecule has 1 saturated carbocycles.